The van der Waals surface area contributed by atoms with Crippen LogP contribution in [0, 0.1) is 5.82 Å². The SMILES string of the molecule is COc1ccccc1Nc1nc(C(F)(F)F)nc2ccc(F)cc12. The first-order valence-electron chi connectivity index (χ1n) is 6.83. The molecule has 0 bridgehead atoms. The summed E-state index contributed by atoms with van der Waals surface area (Å²) in [5.74, 6) is -1.65. The maximum absolute atomic E-state index is 13.5. The number of hydrogen-bond acceptors (Lipinski definition) is 4. The molecule has 0 fully saturated rings. The molecule has 24 heavy (non-hydrogen) atoms. The Morgan fingerprint density at radius 2 is 1.79 bits per heavy atom. The number of nitrogens with one attached hydrogen (secondary N) is 1. The van der Waals surface area contributed by atoms with Crippen LogP contribution in [-0.2, 0) is 6.18 Å². The van der Waals surface area contributed by atoms with Crippen LogP contribution < -0.4 is 10.1 Å². The molecule has 1 heterocycles. The lowest BCUT2D eigenvalue weighted by molar-refractivity contribution is -0.144. The van der Waals surface area contributed by atoms with Crippen LogP contribution in [0.25, 0.3) is 10.9 Å². The Hall–Kier alpha value is -2.90. The Balaban J connectivity index is 2.19. The molecule has 124 valence electrons. The fraction of sp³-hybridized carbons (Fsp3) is 0.125. The maximum atomic E-state index is 13.5. The topological polar surface area (TPSA) is 47.0 Å². The molecule has 4 nitrogen and oxygen atoms in total. The highest BCUT2D eigenvalue weighted by Gasteiger charge is 2.35. The molecule has 3 rings (SSSR count). The van der Waals surface area contributed by atoms with Gasteiger partial charge in [0.1, 0.15) is 17.4 Å². The van der Waals surface area contributed by atoms with Crippen molar-refractivity contribution in [3.8, 4) is 5.75 Å². The summed E-state index contributed by atoms with van der Waals surface area (Å²) in [6.07, 6.45) is -4.72. The maximum Gasteiger partial charge on any atom is 0.451 e. The quantitative estimate of drug-likeness (QED) is 0.713. The third-order valence-corrected chi connectivity index (χ3v) is 3.27. The van der Waals surface area contributed by atoms with Crippen LogP contribution in [0.1, 0.15) is 5.82 Å². The lowest BCUT2D eigenvalue weighted by atomic mass is 10.2. The molecule has 0 aliphatic carbocycles. The highest BCUT2D eigenvalue weighted by molar-refractivity contribution is 5.91. The van der Waals surface area contributed by atoms with E-state index in [0.29, 0.717) is 11.4 Å². The fourth-order valence-electron chi connectivity index (χ4n) is 2.20. The molecule has 0 aliphatic rings. The second-order valence-electron chi connectivity index (χ2n) is 4.88. The Labute approximate surface area is 134 Å². The number of methoxy groups -OCH3 is 1. The summed E-state index contributed by atoms with van der Waals surface area (Å²) in [5.41, 5.74) is 0.383. The summed E-state index contributed by atoms with van der Waals surface area (Å²) in [6.45, 7) is 0. The fourth-order valence-corrected chi connectivity index (χ4v) is 2.20. The van der Waals surface area contributed by atoms with Crippen LogP contribution in [0.5, 0.6) is 5.75 Å². The number of anilines is 2. The Morgan fingerprint density at radius 3 is 2.50 bits per heavy atom. The van der Waals surface area contributed by atoms with Gasteiger partial charge < -0.3 is 10.1 Å². The van der Waals surface area contributed by atoms with Crippen molar-refractivity contribution >= 4 is 22.4 Å². The lowest BCUT2D eigenvalue weighted by Gasteiger charge is -2.14. The average Bonchev–Trinajstić information content (AvgIpc) is 2.54. The number of rotatable bonds is 3. The highest BCUT2D eigenvalue weighted by Crippen LogP contribution is 2.33. The molecule has 0 aliphatic heterocycles. The van der Waals surface area contributed by atoms with E-state index in [4.69, 9.17) is 4.74 Å². The largest absolute Gasteiger partial charge is 0.495 e. The van der Waals surface area contributed by atoms with Crippen LogP contribution in [0.2, 0.25) is 0 Å². The van der Waals surface area contributed by atoms with Crippen molar-refractivity contribution in [2.24, 2.45) is 0 Å². The van der Waals surface area contributed by atoms with E-state index in [1.807, 2.05) is 0 Å². The van der Waals surface area contributed by atoms with Crippen molar-refractivity contribution in [2.75, 3.05) is 12.4 Å². The summed E-state index contributed by atoms with van der Waals surface area (Å²) < 4.78 is 57.7. The summed E-state index contributed by atoms with van der Waals surface area (Å²) in [4.78, 5) is 6.97. The minimum absolute atomic E-state index is 0.0175. The number of alkyl halides is 3. The monoisotopic (exact) mass is 337 g/mol. The molecule has 3 aromatic rings. The molecule has 0 unspecified atom stereocenters. The van der Waals surface area contributed by atoms with Gasteiger partial charge in [-0.2, -0.15) is 13.2 Å². The lowest BCUT2D eigenvalue weighted by Crippen LogP contribution is -2.13. The zero-order valence-corrected chi connectivity index (χ0v) is 12.4. The van der Waals surface area contributed by atoms with Gasteiger partial charge in [0.15, 0.2) is 0 Å². The number of benzene rings is 2. The Kier molecular flexibility index (Phi) is 3.96. The van der Waals surface area contributed by atoms with Crippen molar-refractivity contribution in [1.82, 2.24) is 9.97 Å². The van der Waals surface area contributed by atoms with Gasteiger partial charge in [-0.05, 0) is 30.3 Å². The first-order chi connectivity index (χ1) is 11.4. The van der Waals surface area contributed by atoms with E-state index in [0.717, 1.165) is 12.1 Å². The van der Waals surface area contributed by atoms with Gasteiger partial charge >= 0.3 is 6.18 Å². The predicted octanol–water partition coefficient (Wildman–Crippen LogP) is 4.54. The van der Waals surface area contributed by atoms with Crippen molar-refractivity contribution in [3.05, 3.63) is 54.1 Å². The van der Waals surface area contributed by atoms with Crippen molar-refractivity contribution in [2.45, 2.75) is 6.18 Å². The average molecular weight is 337 g/mol. The van der Waals surface area contributed by atoms with Gasteiger partial charge in [-0.15, -0.1) is 0 Å². The van der Waals surface area contributed by atoms with E-state index < -0.39 is 17.8 Å². The van der Waals surface area contributed by atoms with Crippen molar-refractivity contribution in [1.29, 1.82) is 0 Å². The molecule has 0 radical (unpaired) electrons. The minimum atomic E-state index is -4.72. The van der Waals surface area contributed by atoms with E-state index >= 15 is 0 Å². The standard InChI is InChI=1S/C16H11F4N3O/c1-24-13-5-3-2-4-12(13)21-14-10-8-9(17)6-7-11(10)22-15(23-14)16(18,19)20/h2-8H,1H3,(H,21,22,23). The number of para-hydroxylation sites is 2. The summed E-state index contributed by atoms with van der Waals surface area (Å²) in [5, 5.41) is 2.90. The molecule has 0 amide bonds. The van der Waals surface area contributed by atoms with E-state index in [9.17, 15) is 17.6 Å². The summed E-state index contributed by atoms with van der Waals surface area (Å²) >= 11 is 0. The normalized spacial score (nSPS) is 11.5. The smallest absolute Gasteiger partial charge is 0.451 e. The molecule has 0 spiro atoms. The third-order valence-electron chi connectivity index (χ3n) is 3.27. The zero-order valence-electron chi connectivity index (χ0n) is 12.4. The minimum Gasteiger partial charge on any atom is -0.495 e. The molecule has 1 aromatic heterocycles. The van der Waals surface area contributed by atoms with Crippen LogP contribution >= 0.6 is 0 Å². The molecular formula is C16H11F4N3O. The van der Waals surface area contributed by atoms with Crippen LogP contribution in [0.15, 0.2) is 42.5 Å². The molecule has 0 saturated heterocycles. The van der Waals surface area contributed by atoms with E-state index in [1.165, 1.54) is 13.2 Å². The molecule has 0 atom stereocenters. The van der Waals surface area contributed by atoms with E-state index in [-0.39, 0.29) is 16.7 Å². The molecule has 0 saturated carbocycles. The predicted molar refractivity (Wildman–Crippen MR) is 80.8 cm³/mol. The van der Waals surface area contributed by atoms with Gasteiger partial charge in [0.2, 0.25) is 5.82 Å². The number of nitrogens with zero attached hydrogens (tertiary/aromatic N) is 2. The van der Waals surface area contributed by atoms with Gasteiger partial charge in [-0.1, -0.05) is 12.1 Å². The summed E-state index contributed by atoms with van der Waals surface area (Å²) in [6, 6.07) is 9.93. The second kappa shape index (κ2) is 5.95. The second-order valence-corrected chi connectivity index (χ2v) is 4.88. The first-order valence-corrected chi connectivity index (χ1v) is 6.83. The van der Waals surface area contributed by atoms with Gasteiger partial charge in [0.05, 0.1) is 18.3 Å². The molecule has 8 heteroatoms. The van der Waals surface area contributed by atoms with Crippen molar-refractivity contribution in [3.63, 3.8) is 0 Å². The number of fused-ring (bicyclic) bond motifs is 1. The Morgan fingerprint density at radius 1 is 1.04 bits per heavy atom. The van der Waals surface area contributed by atoms with Crippen LogP contribution in [0.4, 0.5) is 29.1 Å². The van der Waals surface area contributed by atoms with Gasteiger partial charge in [0.25, 0.3) is 0 Å². The highest BCUT2D eigenvalue weighted by atomic mass is 19.4. The van der Waals surface area contributed by atoms with Crippen LogP contribution in [-0.4, -0.2) is 17.1 Å². The number of halogens is 4. The molecular weight excluding hydrogens is 326 g/mol. The van der Waals surface area contributed by atoms with Gasteiger partial charge in [-0.25, -0.2) is 14.4 Å². The van der Waals surface area contributed by atoms with Crippen molar-refractivity contribution < 1.29 is 22.3 Å². The van der Waals surface area contributed by atoms with Gasteiger partial charge in [0, 0.05) is 5.39 Å². The third kappa shape index (κ3) is 3.08. The first kappa shape index (κ1) is 16.0. The van der Waals surface area contributed by atoms with E-state index in [2.05, 4.69) is 15.3 Å². The summed E-state index contributed by atoms with van der Waals surface area (Å²) in [7, 11) is 1.43. The zero-order chi connectivity index (χ0) is 17.3. The van der Waals surface area contributed by atoms with Gasteiger partial charge in [-0.3, -0.25) is 0 Å². The Bertz CT molecular complexity index is 896. The number of aromatic nitrogens is 2. The van der Waals surface area contributed by atoms with E-state index in [1.54, 1.807) is 24.3 Å². The molecule has 2 aromatic carbocycles. The number of hydrogen-bond donors (Lipinski definition) is 1. The molecule has 1 N–H and O–H groups in total. The number of ether oxygens (including phenoxy) is 1. The van der Waals surface area contributed by atoms with Crippen LogP contribution in [0.3, 0.4) is 0 Å².